The molecule has 0 unspecified atom stereocenters. The second kappa shape index (κ2) is 11.6. The Morgan fingerprint density at radius 3 is 2.66 bits per heavy atom. The van der Waals surface area contributed by atoms with Crippen LogP contribution in [0, 0.1) is 5.82 Å². The number of nitrogens with two attached hydrogens (primary N) is 1. The minimum atomic E-state index is -0.191. The van der Waals surface area contributed by atoms with E-state index in [4.69, 9.17) is 10.5 Å². The fraction of sp³-hybridized carbons (Fsp3) is 0.391. The summed E-state index contributed by atoms with van der Waals surface area (Å²) in [6, 6.07) is 8.91. The molecule has 1 aliphatic rings. The van der Waals surface area contributed by atoms with Crippen LogP contribution in [-0.4, -0.2) is 47.2 Å². The Morgan fingerprint density at radius 2 is 1.97 bits per heavy atom. The summed E-state index contributed by atoms with van der Waals surface area (Å²) in [6.07, 6.45) is 4.97. The first-order chi connectivity index (χ1) is 14.6. The molecule has 4 rings (SSSR count). The molecule has 0 radical (unpaired) electrons. The van der Waals surface area contributed by atoms with Gasteiger partial charge in [0.15, 0.2) is 0 Å². The Balaban J connectivity index is 0.00000181. The molecule has 1 saturated heterocycles. The molecule has 3 heterocycles. The van der Waals surface area contributed by atoms with E-state index < -0.39 is 0 Å². The van der Waals surface area contributed by atoms with Gasteiger partial charge in [0.2, 0.25) is 0 Å². The van der Waals surface area contributed by atoms with Gasteiger partial charge in [-0.15, -0.1) is 24.8 Å². The van der Waals surface area contributed by atoms with Gasteiger partial charge in [0, 0.05) is 51.1 Å². The van der Waals surface area contributed by atoms with Crippen LogP contribution >= 0.6 is 24.8 Å². The summed E-state index contributed by atoms with van der Waals surface area (Å²) < 4.78 is 21.6. The van der Waals surface area contributed by atoms with Crippen molar-refractivity contribution in [3.05, 3.63) is 65.4 Å². The number of ether oxygens (including phenoxy) is 1. The van der Waals surface area contributed by atoms with Gasteiger partial charge in [-0.3, -0.25) is 9.78 Å². The number of halogens is 3. The van der Waals surface area contributed by atoms with Crippen LogP contribution < -0.4 is 5.73 Å². The number of pyridine rings is 1. The van der Waals surface area contributed by atoms with Gasteiger partial charge in [-0.25, -0.2) is 4.39 Å². The Morgan fingerprint density at radius 1 is 1.22 bits per heavy atom. The number of carbonyl (C=O) groups excluding carboxylic acids is 1. The van der Waals surface area contributed by atoms with E-state index in [-0.39, 0.29) is 42.5 Å². The summed E-state index contributed by atoms with van der Waals surface area (Å²) in [5.74, 6) is -0.0924. The van der Waals surface area contributed by atoms with Crippen molar-refractivity contribution in [1.29, 1.82) is 0 Å². The Bertz CT molecular complexity index is 1050. The molecule has 9 heteroatoms. The van der Waals surface area contributed by atoms with Gasteiger partial charge >= 0.3 is 0 Å². The number of hydrogen-bond acceptors (Lipinski definition) is 4. The number of carbonyl (C=O) groups is 1. The Labute approximate surface area is 199 Å². The summed E-state index contributed by atoms with van der Waals surface area (Å²) in [7, 11) is 1.65. The van der Waals surface area contributed by atoms with Gasteiger partial charge in [0.25, 0.3) is 5.91 Å². The van der Waals surface area contributed by atoms with Crippen molar-refractivity contribution in [2.24, 2.45) is 5.73 Å². The summed E-state index contributed by atoms with van der Waals surface area (Å²) in [6.45, 7) is 2.70. The van der Waals surface area contributed by atoms with Crippen LogP contribution in [0.15, 0.2) is 42.7 Å². The van der Waals surface area contributed by atoms with Crippen molar-refractivity contribution in [1.82, 2.24) is 14.5 Å². The third-order valence-electron chi connectivity index (χ3n) is 5.96. The summed E-state index contributed by atoms with van der Waals surface area (Å²) >= 11 is 0. The van der Waals surface area contributed by atoms with Crippen LogP contribution in [0.5, 0.6) is 0 Å². The average Bonchev–Trinajstić information content (AvgIpc) is 3.16. The third kappa shape index (κ3) is 5.23. The topological polar surface area (TPSA) is 73.4 Å². The van der Waals surface area contributed by atoms with Crippen molar-refractivity contribution in [3.63, 3.8) is 0 Å². The minimum absolute atomic E-state index is 0. The van der Waals surface area contributed by atoms with Crippen molar-refractivity contribution in [3.8, 4) is 0 Å². The molecule has 1 aromatic carbocycles. The first-order valence-electron chi connectivity index (χ1n) is 10.3. The molecule has 1 fully saturated rings. The first-order valence-corrected chi connectivity index (χ1v) is 10.3. The number of nitrogens with zero attached hydrogens (tertiary/aromatic N) is 3. The fourth-order valence-electron chi connectivity index (χ4n) is 4.30. The second-order valence-corrected chi connectivity index (χ2v) is 7.73. The van der Waals surface area contributed by atoms with E-state index in [0.717, 1.165) is 29.3 Å². The SMILES string of the molecule is COCCn1c(C(=O)N2CCC(c3cc(CN)ccc3F)CC2)cc2cnccc21.Cl.Cl. The largest absolute Gasteiger partial charge is 0.383 e. The predicted molar refractivity (Wildman–Crippen MR) is 128 cm³/mol. The summed E-state index contributed by atoms with van der Waals surface area (Å²) in [5, 5.41) is 0.938. The zero-order valence-electron chi connectivity index (χ0n) is 18.0. The molecule has 6 nitrogen and oxygen atoms in total. The van der Waals surface area contributed by atoms with E-state index >= 15 is 0 Å². The van der Waals surface area contributed by atoms with E-state index in [1.54, 1.807) is 25.6 Å². The zero-order chi connectivity index (χ0) is 21.1. The smallest absolute Gasteiger partial charge is 0.270 e. The van der Waals surface area contributed by atoms with Crippen molar-refractivity contribution in [2.75, 3.05) is 26.8 Å². The van der Waals surface area contributed by atoms with Crippen LogP contribution in [0.4, 0.5) is 4.39 Å². The highest BCUT2D eigenvalue weighted by Crippen LogP contribution is 2.31. The lowest BCUT2D eigenvalue weighted by Crippen LogP contribution is -2.39. The van der Waals surface area contributed by atoms with Crippen LogP contribution in [0.1, 0.15) is 40.4 Å². The number of amides is 1. The lowest BCUT2D eigenvalue weighted by molar-refractivity contribution is 0.0699. The number of likely N-dealkylation sites (tertiary alicyclic amines) is 1. The Hall–Kier alpha value is -2.19. The normalized spacial score (nSPS) is 14.2. The molecule has 2 aromatic heterocycles. The molecule has 0 bridgehead atoms. The standard InChI is InChI=1S/C23H27FN4O2.2ClH/c1-30-11-10-28-21-4-7-26-15-18(21)13-22(28)23(29)27-8-5-17(6-9-27)19-12-16(14-25)2-3-20(19)24;;/h2-4,7,12-13,15,17H,5-6,8-11,14,25H2,1H3;2*1H. The monoisotopic (exact) mass is 482 g/mol. The molecule has 32 heavy (non-hydrogen) atoms. The third-order valence-corrected chi connectivity index (χ3v) is 5.96. The molecular weight excluding hydrogens is 454 g/mol. The highest BCUT2D eigenvalue weighted by molar-refractivity contribution is 5.98. The van der Waals surface area contributed by atoms with Gasteiger partial charge in [0.05, 0.1) is 12.1 Å². The fourth-order valence-corrected chi connectivity index (χ4v) is 4.30. The van der Waals surface area contributed by atoms with Gasteiger partial charge in [-0.05, 0) is 48.1 Å². The van der Waals surface area contributed by atoms with Crippen molar-refractivity contribution >= 4 is 41.6 Å². The molecule has 1 amide bonds. The van der Waals surface area contributed by atoms with E-state index in [2.05, 4.69) is 4.98 Å². The zero-order valence-corrected chi connectivity index (χ0v) is 19.6. The maximum Gasteiger partial charge on any atom is 0.270 e. The second-order valence-electron chi connectivity index (χ2n) is 7.73. The number of rotatable bonds is 6. The highest BCUT2D eigenvalue weighted by atomic mass is 35.5. The average molecular weight is 483 g/mol. The number of benzene rings is 1. The summed E-state index contributed by atoms with van der Waals surface area (Å²) in [5.41, 5.74) is 8.98. The van der Waals surface area contributed by atoms with Crippen molar-refractivity contribution < 1.29 is 13.9 Å². The van der Waals surface area contributed by atoms with E-state index in [0.29, 0.717) is 44.0 Å². The molecule has 1 aliphatic heterocycles. The van der Waals surface area contributed by atoms with E-state index in [9.17, 15) is 9.18 Å². The molecule has 2 N–H and O–H groups in total. The highest BCUT2D eigenvalue weighted by Gasteiger charge is 2.28. The van der Waals surface area contributed by atoms with Gasteiger partial charge in [0.1, 0.15) is 11.5 Å². The van der Waals surface area contributed by atoms with Crippen LogP contribution in [0.3, 0.4) is 0 Å². The molecule has 174 valence electrons. The van der Waals surface area contributed by atoms with Gasteiger partial charge in [-0.1, -0.05) is 12.1 Å². The maximum absolute atomic E-state index is 14.4. The lowest BCUT2D eigenvalue weighted by atomic mass is 9.88. The number of piperidine rings is 1. The number of hydrogen-bond donors (Lipinski definition) is 1. The van der Waals surface area contributed by atoms with Gasteiger partial charge in [-0.2, -0.15) is 0 Å². The Kier molecular flexibility index (Phi) is 9.46. The first kappa shape index (κ1) is 26.1. The molecule has 0 aliphatic carbocycles. The van der Waals surface area contributed by atoms with E-state index in [1.807, 2.05) is 27.7 Å². The van der Waals surface area contributed by atoms with Crippen LogP contribution in [-0.2, 0) is 17.8 Å². The molecular formula is C23H29Cl2FN4O2. The molecule has 3 aromatic rings. The number of fused-ring (bicyclic) bond motifs is 1. The quantitative estimate of drug-likeness (QED) is 0.572. The van der Waals surface area contributed by atoms with E-state index in [1.165, 1.54) is 6.07 Å². The number of methoxy groups -OCH3 is 1. The lowest BCUT2D eigenvalue weighted by Gasteiger charge is -2.32. The number of aromatic nitrogens is 2. The van der Waals surface area contributed by atoms with Gasteiger partial charge < -0.3 is 19.9 Å². The van der Waals surface area contributed by atoms with Crippen LogP contribution in [0.25, 0.3) is 10.9 Å². The van der Waals surface area contributed by atoms with Crippen LogP contribution in [0.2, 0.25) is 0 Å². The minimum Gasteiger partial charge on any atom is -0.383 e. The summed E-state index contributed by atoms with van der Waals surface area (Å²) in [4.78, 5) is 19.4. The predicted octanol–water partition coefficient (Wildman–Crippen LogP) is 4.14. The maximum atomic E-state index is 14.4. The van der Waals surface area contributed by atoms with Crippen molar-refractivity contribution in [2.45, 2.75) is 31.8 Å². The molecule has 0 atom stereocenters. The molecule has 0 saturated carbocycles. The molecule has 0 spiro atoms.